The number of aliphatic hydroxyl groups is 1. The minimum absolute atomic E-state index is 0.0872. The van der Waals surface area contributed by atoms with E-state index in [0.717, 1.165) is 0 Å². The number of hydrogen-bond donors (Lipinski definition) is 1. The zero-order valence-corrected chi connectivity index (χ0v) is 9.77. The minimum Gasteiger partial charge on any atom is -0.396 e. The van der Waals surface area contributed by atoms with Gasteiger partial charge in [0, 0.05) is 12.4 Å². The monoisotopic (exact) mass is 253 g/mol. The quantitative estimate of drug-likeness (QED) is 0.831. The lowest BCUT2D eigenvalue weighted by Crippen LogP contribution is -2.04. The molecule has 0 aromatic carbocycles. The second-order valence-electron chi connectivity index (χ2n) is 2.75. The average Bonchev–Trinajstić information content (AvgIpc) is 2.12. The highest BCUT2D eigenvalue weighted by molar-refractivity contribution is 7.99. The van der Waals surface area contributed by atoms with Crippen LogP contribution >= 0.6 is 35.0 Å². The summed E-state index contributed by atoms with van der Waals surface area (Å²) in [5.74, 6) is 0.905. The van der Waals surface area contributed by atoms with Gasteiger partial charge in [0.2, 0.25) is 10.6 Å². The highest BCUT2D eigenvalue weighted by atomic mass is 35.5. The Morgan fingerprint density at radius 3 is 2.36 bits per heavy atom. The highest BCUT2D eigenvalue weighted by Crippen LogP contribution is 2.18. The SMILES string of the molecule is CC(CO)CSc1nc(Cl)nc(Cl)n1. The summed E-state index contributed by atoms with van der Waals surface area (Å²) >= 11 is 12.6. The molecule has 1 atom stereocenters. The van der Waals surface area contributed by atoms with Crippen molar-refractivity contribution in [1.29, 1.82) is 0 Å². The van der Waals surface area contributed by atoms with Gasteiger partial charge in [0.15, 0.2) is 5.16 Å². The van der Waals surface area contributed by atoms with Gasteiger partial charge >= 0.3 is 0 Å². The van der Waals surface area contributed by atoms with Gasteiger partial charge in [-0.25, -0.2) is 0 Å². The van der Waals surface area contributed by atoms with Gasteiger partial charge in [-0.3, -0.25) is 0 Å². The Morgan fingerprint density at radius 2 is 1.86 bits per heavy atom. The fourth-order valence-corrected chi connectivity index (χ4v) is 1.95. The molecule has 1 heterocycles. The Bertz CT molecular complexity index is 293. The number of aromatic nitrogens is 3. The molecule has 0 amide bonds. The molecule has 0 aliphatic carbocycles. The Labute approximate surface area is 96.1 Å². The third-order valence-corrected chi connectivity index (χ3v) is 2.88. The Morgan fingerprint density at radius 1 is 1.29 bits per heavy atom. The minimum atomic E-state index is 0.0872. The molecule has 7 heteroatoms. The number of rotatable bonds is 4. The molecule has 1 aromatic heterocycles. The number of aliphatic hydroxyl groups excluding tert-OH is 1. The Kier molecular flexibility index (Phi) is 4.88. The molecule has 4 nitrogen and oxygen atoms in total. The van der Waals surface area contributed by atoms with Crippen molar-refractivity contribution in [3.8, 4) is 0 Å². The zero-order chi connectivity index (χ0) is 10.6. The maximum atomic E-state index is 8.80. The van der Waals surface area contributed by atoms with Gasteiger partial charge in [0.1, 0.15) is 0 Å². The third-order valence-electron chi connectivity index (χ3n) is 1.37. The summed E-state index contributed by atoms with van der Waals surface area (Å²) in [6.45, 7) is 2.07. The first-order valence-electron chi connectivity index (χ1n) is 3.92. The zero-order valence-electron chi connectivity index (χ0n) is 7.44. The molecule has 0 saturated heterocycles. The van der Waals surface area contributed by atoms with E-state index >= 15 is 0 Å². The molecule has 1 rings (SSSR count). The van der Waals surface area contributed by atoms with Crippen LogP contribution in [0.15, 0.2) is 5.16 Å². The largest absolute Gasteiger partial charge is 0.396 e. The van der Waals surface area contributed by atoms with E-state index in [1.165, 1.54) is 11.8 Å². The molecular formula is C7H9Cl2N3OS. The van der Waals surface area contributed by atoms with E-state index in [4.69, 9.17) is 28.3 Å². The second kappa shape index (κ2) is 5.70. The first kappa shape index (κ1) is 12.0. The van der Waals surface area contributed by atoms with Gasteiger partial charge < -0.3 is 5.11 Å². The topological polar surface area (TPSA) is 58.9 Å². The van der Waals surface area contributed by atoms with Crippen LogP contribution in [0.2, 0.25) is 10.6 Å². The van der Waals surface area contributed by atoms with Crippen LogP contribution in [0.4, 0.5) is 0 Å². The summed E-state index contributed by atoms with van der Waals surface area (Å²) < 4.78 is 0. The number of hydrogen-bond acceptors (Lipinski definition) is 5. The van der Waals surface area contributed by atoms with E-state index < -0.39 is 0 Å². The van der Waals surface area contributed by atoms with Crippen LogP contribution in [0.5, 0.6) is 0 Å². The summed E-state index contributed by atoms with van der Waals surface area (Å²) in [5.41, 5.74) is 0. The van der Waals surface area contributed by atoms with Gasteiger partial charge in [0.05, 0.1) is 0 Å². The van der Waals surface area contributed by atoms with Crippen molar-refractivity contribution in [2.24, 2.45) is 5.92 Å². The van der Waals surface area contributed by atoms with Crippen molar-refractivity contribution in [3.05, 3.63) is 10.6 Å². The predicted molar refractivity (Wildman–Crippen MR) is 56.8 cm³/mol. The van der Waals surface area contributed by atoms with Crippen LogP contribution in [0.3, 0.4) is 0 Å². The highest BCUT2D eigenvalue weighted by Gasteiger charge is 2.06. The van der Waals surface area contributed by atoms with Crippen molar-refractivity contribution in [2.75, 3.05) is 12.4 Å². The standard InChI is InChI=1S/C7H9Cl2N3OS/c1-4(2-13)3-14-7-11-5(8)10-6(9)12-7/h4,13H,2-3H2,1H3. The van der Waals surface area contributed by atoms with Gasteiger partial charge in [-0.05, 0) is 29.1 Å². The molecular weight excluding hydrogens is 245 g/mol. The first-order valence-corrected chi connectivity index (χ1v) is 5.66. The van der Waals surface area contributed by atoms with Gasteiger partial charge in [-0.15, -0.1) is 0 Å². The normalized spacial score (nSPS) is 12.9. The predicted octanol–water partition coefficient (Wildman–Crippen LogP) is 1.90. The molecule has 0 fully saturated rings. The molecule has 78 valence electrons. The van der Waals surface area contributed by atoms with Crippen LogP contribution in [-0.2, 0) is 0 Å². The molecule has 0 spiro atoms. The Hall–Kier alpha value is -0.100. The van der Waals surface area contributed by atoms with Crippen molar-refractivity contribution in [2.45, 2.75) is 12.1 Å². The van der Waals surface area contributed by atoms with Gasteiger partial charge in [-0.2, -0.15) is 15.0 Å². The first-order chi connectivity index (χ1) is 6.61. The summed E-state index contributed by atoms with van der Waals surface area (Å²) in [4.78, 5) is 11.4. The van der Waals surface area contributed by atoms with Crippen LogP contribution < -0.4 is 0 Å². The second-order valence-corrected chi connectivity index (χ2v) is 4.42. The molecule has 1 unspecified atom stereocenters. The van der Waals surface area contributed by atoms with Crippen LogP contribution in [-0.4, -0.2) is 32.4 Å². The number of thioether (sulfide) groups is 1. The van der Waals surface area contributed by atoms with E-state index in [2.05, 4.69) is 15.0 Å². The van der Waals surface area contributed by atoms with E-state index in [-0.39, 0.29) is 23.1 Å². The van der Waals surface area contributed by atoms with E-state index in [1.54, 1.807) is 0 Å². The fourth-order valence-electron chi connectivity index (χ4n) is 0.643. The Balaban J connectivity index is 2.58. The van der Waals surface area contributed by atoms with Crippen molar-refractivity contribution in [3.63, 3.8) is 0 Å². The molecule has 0 aliphatic heterocycles. The van der Waals surface area contributed by atoms with Crippen LogP contribution in [0, 0.1) is 5.92 Å². The molecule has 0 saturated carbocycles. The molecule has 0 aliphatic rings. The lowest BCUT2D eigenvalue weighted by atomic mass is 10.2. The smallest absolute Gasteiger partial charge is 0.227 e. The summed E-state index contributed by atoms with van der Waals surface area (Å²) in [6.07, 6.45) is 0. The van der Waals surface area contributed by atoms with Crippen LogP contribution in [0.1, 0.15) is 6.92 Å². The molecule has 14 heavy (non-hydrogen) atoms. The van der Waals surface area contributed by atoms with Crippen molar-refractivity contribution < 1.29 is 5.11 Å². The molecule has 1 N–H and O–H groups in total. The van der Waals surface area contributed by atoms with Crippen molar-refractivity contribution >= 4 is 35.0 Å². The molecule has 0 bridgehead atoms. The van der Waals surface area contributed by atoms with E-state index in [0.29, 0.717) is 10.9 Å². The maximum absolute atomic E-state index is 8.80. The molecule has 0 radical (unpaired) electrons. The van der Waals surface area contributed by atoms with Gasteiger partial charge in [-0.1, -0.05) is 18.7 Å². The van der Waals surface area contributed by atoms with E-state index in [9.17, 15) is 0 Å². The number of nitrogens with zero attached hydrogens (tertiary/aromatic N) is 3. The number of halogens is 2. The van der Waals surface area contributed by atoms with Crippen LogP contribution in [0.25, 0.3) is 0 Å². The third kappa shape index (κ3) is 3.96. The average molecular weight is 254 g/mol. The summed E-state index contributed by atoms with van der Waals surface area (Å²) in [5, 5.41) is 9.46. The van der Waals surface area contributed by atoms with Crippen molar-refractivity contribution in [1.82, 2.24) is 15.0 Å². The lowest BCUT2D eigenvalue weighted by Gasteiger charge is -2.05. The van der Waals surface area contributed by atoms with E-state index in [1.807, 2.05) is 6.92 Å². The maximum Gasteiger partial charge on any atom is 0.227 e. The lowest BCUT2D eigenvalue weighted by molar-refractivity contribution is 0.250. The summed E-state index contributed by atoms with van der Waals surface area (Å²) in [6, 6.07) is 0. The fraction of sp³-hybridized carbons (Fsp3) is 0.571. The summed E-state index contributed by atoms with van der Waals surface area (Å²) in [7, 11) is 0. The van der Waals surface area contributed by atoms with Gasteiger partial charge in [0.25, 0.3) is 0 Å². The molecule has 1 aromatic rings.